The van der Waals surface area contributed by atoms with Crippen LogP contribution in [-0.2, 0) is 6.18 Å². The Kier molecular flexibility index (Phi) is 8.41. The van der Waals surface area contributed by atoms with Crippen molar-refractivity contribution >= 4 is 23.4 Å². The van der Waals surface area contributed by atoms with E-state index in [-0.39, 0.29) is 30.2 Å². The first kappa shape index (κ1) is 25.4. The lowest BCUT2D eigenvalue weighted by molar-refractivity contribution is -0.137. The van der Waals surface area contributed by atoms with Crippen LogP contribution in [0.1, 0.15) is 36.8 Å². The highest BCUT2D eigenvalue weighted by Gasteiger charge is 2.42. The van der Waals surface area contributed by atoms with Crippen molar-refractivity contribution in [2.45, 2.75) is 37.4 Å². The van der Waals surface area contributed by atoms with Gasteiger partial charge in [0.2, 0.25) is 0 Å². The Bertz CT molecular complexity index is 971. The summed E-state index contributed by atoms with van der Waals surface area (Å²) in [6.07, 6.45) is 2.49. The summed E-state index contributed by atoms with van der Waals surface area (Å²) in [6.45, 7) is -0.0514. The molecule has 2 aliphatic rings. The van der Waals surface area contributed by atoms with Gasteiger partial charge in [0.15, 0.2) is 0 Å². The van der Waals surface area contributed by atoms with E-state index in [0.717, 1.165) is 31.4 Å². The molecule has 0 aromatic heterocycles. The van der Waals surface area contributed by atoms with Crippen molar-refractivity contribution in [2.75, 3.05) is 19.0 Å². The molecule has 0 saturated heterocycles. The second-order valence-corrected chi connectivity index (χ2v) is 7.50. The van der Waals surface area contributed by atoms with Crippen LogP contribution in [0.3, 0.4) is 0 Å². The van der Waals surface area contributed by atoms with Crippen LogP contribution in [0.4, 0.5) is 23.2 Å². The van der Waals surface area contributed by atoms with Gasteiger partial charge < -0.3 is 20.4 Å². The van der Waals surface area contributed by atoms with Crippen molar-refractivity contribution in [3.63, 3.8) is 0 Å². The minimum atomic E-state index is -4.49. The molecule has 0 bridgehead atoms. The minimum absolute atomic E-state index is 0.0371. The molecule has 1 aromatic rings. The molecule has 10 heteroatoms. The maximum Gasteiger partial charge on any atom is 0.417 e. The molecule has 1 fully saturated rings. The largest absolute Gasteiger partial charge is 0.508 e. The number of allylic oxidation sites excluding steroid dienone is 4. The molecule has 0 radical (unpaired) electrons. The summed E-state index contributed by atoms with van der Waals surface area (Å²) in [5.41, 5.74) is 0.300. The van der Waals surface area contributed by atoms with E-state index < -0.39 is 17.3 Å². The third-order valence-corrected chi connectivity index (χ3v) is 5.58. The zero-order valence-electron chi connectivity index (χ0n) is 17.3. The van der Waals surface area contributed by atoms with Gasteiger partial charge in [-0.2, -0.15) is 18.4 Å². The van der Waals surface area contributed by atoms with Gasteiger partial charge in [0.25, 0.3) is 0 Å². The molecule has 3 rings (SSSR count). The van der Waals surface area contributed by atoms with Crippen LogP contribution in [0, 0.1) is 11.3 Å². The molecule has 3 N–H and O–H groups in total. The number of rotatable bonds is 5. The van der Waals surface area contributed by atoms with E-state index in [2.05, 4.69) is 5.32 Å². The van der Waals surface area contributed by atoms with Crippen LogP contribution in [0.2, 0.25) is 0 Å². The van der Waals surface area contributed by atoms with E-state index in [4.69, 9.17) is 17.5 Å². The molecule has 1 saturated carbocycles. The number of anilines is 1. The molecule has 2 aliphatic carbocycles. The summed E-state index contributed by atoms with van der Waals surface area (Å²) in [4.78, 5) is 1.63. The number of nitriles is 1. The molecule has 172 valence electrons. The predicted molar refractivity (Wildman–Crippen MR) is 117 cm³/mol. The fraction of sp³-hybridized carbons (Fsp3) is 0.364. The fourth-order valence-electron chi connectivity index (χ4n) is 3.35. The van der Waals surface area contributed by atoms with Gasteiger partial charge in [0, 0.05) is 19.2 Å². The molecule has 5 nitrogen and oxygen atoms in total. The van der Waals surface area contributed by atoms with Crippen LogP contribution in [-0.4, -0.2) is 39.8 Å². The molecule has 0 atom stereocenters. The number of aliphatic hydroxyl groups is 2. The summed E-state index contributed by atoms with van der Waals surface area (Å²) in [5.74, 6) is -0.313. The first-order chi connectivity index (χ1) is 15.1. The Morgan fingerprint density at radius 3 is 2.47 bits per heavy atom. The van der Waals surface area contributed by atoms with E-state index in [1.54, 1.807) is 4.90 Å². The van der Waals surface area contributed by atoms with Crippen molar-refractivity contribution < 1.29 is 27.8 Å². The molecular weight excluding hydrogens is 446 g/mol. The van der Waals surface area contributed by atoms with Gasteiger partial charge >= 0.3 is 6.18 Å². The summed E-state index contributed by atoms with van der Waals surface area (Å²) in [5, 5.41) is 30.0. The molecule has 0 unspecified atom stereocenters. The van der Waals surface area contributed by atoms with Gasteiger partial charge in [-0.3, -0.25) is 0 Å². The number of aliphatic hydroxyl groups excluding tert-OH is 2. The van der Waals surface area contributed by atoms with Gasteiger partial charge in [-0.05, 0) is 55.7 Å². The third kappa shape index (κ3) is 5.66. The minimum Gasteiger partial charge on any atom is -0.508 e. The van der Waals surface area contributed by atoms with Gasteiger partial charge in [-0.25, -0.2) is 4.39 Å². The predicted octanol–water partition coefficient (Wildman–Crippen LogP) is 5.36. The summed E-state index contributed by atoms with van der Waals surface area (Å²) < 4.78 is 51.1. The average Bonchev–Trinajstić information content (AvgIpc) is 2.91. The second-order valence-electron chi connectivity index (χ2n) is 7.29. The zero-order valence-corrected chi connectivity index (χ0v) is 18.1. The van der Waals surface area contributed by atoms with E-state index in [1.807, 2.05) is 0 Å². The van der Waals surface area contributed by atoms with Gasteiger partial charge in [0.05, 0.1) is 40.5 Å². The van der Waals surface area contributed by atoms with E-state index in [9.17, 15) is 27.8 Å². The highest BCUT2D eigenvalue weighted by Crippen LogP contribution is 2.40. The maximum atomic E-state index is 14.0. The average molecular weight is 470 g/mol. The van der Waals surface area contributed by atoms with Crippen LogP contribution in [0.25, 0.3) is 0 Å². The summed E-state index contributed by atoms with van der Waals surface area (Å²) in [7, 11) is 1.52. The third-order valence-electron chi connectivity index (χ3n) is 5.37. The molecule has 0 spiro atoms. The Balaban J connectivity index is 0.000000235. The number of alkyl halides is 3. The summed E-state index contributed by atoms with van der Waals surface area (Å²) in [6, 6.07) is 4.99. The number of hydrogen-bond donors (Lipinski definition) is 3. The number of thiocarbonyl (C=S) groups is 1. The first-order valence-electron chi connectivity index (χ1n) is 9.72. The molecule has 0 heterocycles. The maximum absolute atomic E-state index is 14.0. The topological polar surface area (TPSA) is 79.5 Å². The summed E-state index contributed by atoms with van der Waals surface area (Å²) >= 11 is 4.97. The molecule has 1 aromatic carbocycles. The van der Waals surface area contributed by atoms with Gasteiger partial charge in [-0.15, -0.1) is 0 Å². The van der Waals surface area contributed by atoms with Crippen LogP contribution in [0.15, 0.2) is 53.7 Å². The van der Waals surface area contributed by atoms with Crippen molar-refractivity contribution in [1.82, 2.24) is 4.90 Å². The number of nitrogens with zero attached hydrogens (tertiary/aromatic N) is 2. The molecular formula is C22H23F4N3O2S. The van der Waals surface area contributed by atoms with E-state index in [1.165, 1.54) is 42.9 Å². The molecule has 0 aliphatic heterocycles. The number of nitrogens with one attached hydrogen (secondary N) is 1. The fourth-order valence-corrected chi connectivity index (χ4v) is 3.69. The van der Waals surface area contributed by atoms with Crippen LogP contribution in [0.5, 0.6) is 0 Å². The lowest BCUT2D eigenvalue weighted by Gasteiger charge is -2.48. The van der Waals surface area contributed by atoms with Crippen LogP contribution < -0.4 is 5.32 Å². The number of hydrogen-bond acceptors (Lipinski definition) is 5. The van der Waals surface area contributed by atoms with Crippen molar-refractivity contribution in [3.8, 4) is 6.07 Å². The highest BCUT2D eigenvalue weighted by atomic mass is 32.1. The van der Waals surface area contributed by atoms with Gasteiger partial charge in [-0.1, -0.05) is 12.2 Å². The normalized spacial score (nSPS) is 17.1. The number of benzene rings is 1. The lowest BCUT2D eigenvalue weighted by atomic mass is 9.76. The van der Waals surface area contributed by atoms with E-state index in [0.29, 0.717) is 11.4 Å². The quantitative estimate of drug-likeness (QED) is 0.398. The van der Waals surface area contributed by atoms with Crippen molar-refractivity contribution in [1.29, 1.82) is 5.26 Å². The molecule has 32 heavy (non-hydrogen) atoms. The number of halogens is 4. The first-order valence-corrected chi connectivity index (χ1v) is 10.2. The zero-order chi connectivity index (χ0) is 23.9. The van der Waals surface area contributed by atoms with Gasteiger partial charge in [0.1, 0.15) is 11.6 Å². The Labute approximate surface area is 189 Å². The smallest absolute Gasteiger partial charge is 0.417 e. The van der Waals surface area contributed by atoms with Crippen LogP contribution >= 0.6 is 12.2 Å². The lowest BCUT2D eigenvalue weighted by Crippen LogP contribution is -2.55. The van der Waals surface area contributed by atoms with Crippen molar-refractivity contribution in [2.24, 2.45) is 0 Å². The Morgan fingerprint density at radius 2 is 2.00 bits per heavy atom. The SMILES string of the molecule is CNc1ccc(C#N)c(C(F)(F)F)c1.OCC1(N(C=S)C2=C(F)CC=C(O)C=C2)CCC1. The van der Waals surface area contributed by atoms with E-state index >= 15 is 0 Å². The standard InChI is InChI=1S/C13H16FNO2S.C9H7F3N2/c14-11-4-2-10(17)3-5-12(11)15(9-18)13(8-16)6-1-7-13;1-14-7-3-2-6(5-13)8(4-7)9(10,11)12/h2-3,5,9,16-17H,1,4,6-8H2;2-4,14H,1H3. The Morgan fingerprint density at radius 1 is 1.31 bits per heavy atom. The highest BCUT2D eigenvalue weighted by molar-refractivity contribution is 7.78. The Hall–Kier alpha value is -2.90. The monoisotopic (exact) mass is 469 g/mol. The molecule has 0 amide bonds. The van der Waals surface area contributed by atoms with Crippen molar-refractivity contribution in [3.05, 3.63) is 64.8 Å². The second kappa shape index (κ2) is 10.6.